The minimum Gasteiger partial charge on any atom is -0.206 e. The fourth-order valence-electron chi connectivity index (χ4n) is 5.33. The minimum absolute atomic E-state index is 0.243. The summed E-state index contributed by atoms with van der Waals surface area (Å²) in [6.07, 6.45) is 4.12. The lowest BCUT2D eigenvalue weighted by molar-refractivity contribution is -0.140. The third-order valence-corrected chi connectivity index (χ3v) is 6.74. The first-order valence-electron chi connectivity index (χ1n) is 10.9. The smallest absolute Gasteiger partial charge is 0.206 e. The lowest BCUT2D eigenvalue weighted by Crippen LogP contribution is -2.28. The molecule has 0 spiro atoms. The van der Waals surface area contributed by atoms with Crippen LogP contribution in [0.4, 0.5) is 17.6 Å². The topological polar surface area (TPSA) is 0 Å². The summed E-state index contributed by atoms with van der Waals surface area (Å²) in [6.45, 7) is 2.27. The van der Waals surface area contributed by atoms with Crippen LogP contribution in [-0.4, -0.2) is 0 Å². The predicted molar refractivity (Wildman–Crippen MR) is 111 cm³/mol. The first-order valence-corrected chi connectivity index (χ1v) is 10.9. The molecule has 0 saturated heterocycles. The SMILES string of the molecule is CCCC1CCC2c3ccc(C#Cc4ccc(C(F)(F)F)c(F)c4)cc3CCC2C1. The number of fused-ring (bicyclic) bond motifs is 3. The second-order valence-corrected chi connectivity index (χ2v) is 8.73. The Hall–Kier alpha value is -2.28. The highest BCUT2D eigenvalue weighted by Gasteiger charge is 2.35. The number of hydrogen-bond acceptors (Lipinski definition) is 0. The van der Waals surface area contributed by atoms with Crippen molar-refractivity contribution in [1.29, 1.82) is 0 Å². The summed E-state index contributed by atoms with van der Waals surface area (Å²) in [4.78, 5) is 0. The summed E-state index contributed by atoms with van der Waals surface area (Å²) in [5.41, 5.74) is 2.60. The van der Waals surface area contributed by atoms with E-state index in [9.17, 15) is 17.6 Å². The number of alkyl halides is 3. The number of aryl methyl sites for hydroxylation is 1. The lowest BCUT2D eigenvalue weighted by atomic mass is 9.64. The fourth-order valence-corrected chi connectivity index (χ4v) is 5.33. The van der Waals surface area contributed by atoms with Gasteiger partial charge in [-0.15, -0.1) is 0 Å². The third kappa shape index (κ3) is 4.41. The predicted octanol–water partition coefficient (Wildman–Crippen LogP) is 7.49. The molecule has 0 nitrogen and oxygen atoms in total. The summed E-state index contributed by atoms with van der Waals surface area (Å²) in [5.74, 6) is 6.83. The van der Waals surface area contributed by atoms with Gasteiger partial charge in [-0.1, -0.05) is 37.7 Å². The second kappa shape index (κ2) is 8.46. The van der Waals surface area contributed by atoms with Crippen LogP contribution in [-0.2, 0) is 12.6 Å². The van der Waals surface area contributed by atoms with Gasteiger partial charge in [-0.05, 0) is 91.3 Å². The zero-order valence-corrected chi connectivity index (χ0v) is 17.2. The highest BCUT2D eigenvalue weighted by molar-refractivity contribution is 5.48. The summed E-state index contributed by atoms with van der Waals surface area (Å²) in [7, 11) is 0. The lowest BCUT2D eigenvalue weighted by Gasteiger charge is -2.40. The molecule has 0 N–H and O–H groups in total. The second-order valence-electron chi connectivity index (χ2n) is 8.73. The Morgan fingerprint density at radius 3 is 2.40 bits per heavy atom. The van der Waals surface area contributed by atoms with Crippen LogP contribution >= 0.6 is 0 Å². The van der Waals surface area contributed by atoms with Gasteiger partial charge in [0.05, 0.1) is 5.56 Å². The van der Waals surface area contributed by atoms with Crippen molar-refractivity contribution < 1.29 is 17.6 Å². The third-order valence-electron chi connectivity index (χ3n) is 6.74. The molecule has 4 heteroatoms. The van der Waals surface area contributed by atoms with E-state index in [1.807, 2.05) is 6.07 Å². The van der Waals surface area contributed by atoms with Crippen molar-refractivity contribution >= 4 is 0 Å². The number of halogens is 4. The first-order chi connectivity index (χ1) is 14.3. The molecule has 2 aliphatic carbocycles. The van der Waals surface area contributed by atoms with Crippen LogP contribution in [0.1, 0.15) is 79.2 Å². The van der Waals surface area contributed by atoms with E-state index in [0.29, 0.717) is 5.92 Å². The Labute approximate surface area is 175 Å². The number of rotatable bonds is 2. The maximum absolute atomic E-state index is 13.7. The average Bonchev–Trinajstić information content (AvgIpc) is 2.71. The van der Waals surface area contributed by atoms with Gasteiger partial charge in [0.2, 0.25) is 0 Å². The van der Waals surface area contributed by atoms with E-state index in [-0.39, 0.29) is 5.56 Å². The summed E-state index contributed by atoms with van der Waals surface area (Å²) >= 11 is 0. The van der Waals surface area contributed by atoms with Crippen molar-refractivity contribution in [1.82, 2.24) is 0 Å². The number of benzene rings is 2. The van der Waals surface area contributed by atoms with E-state index in [1.165, 1.54) is 55.7 Å². The average molecular weight is 414 g/mol. The van der Waals surface area contributed by atoms with Crippen LogP contribution in [0.5, 0.6) is 0 Å². The van der Waals surface area contributed by atoms with Crippen LogP contribution in [0.15, 0.2) is 36.4 Å². The molecule has 0 heterocycles. The molecule has 0 bridgehead atoms. The van der Waals surface area contributed by atoms with Crippen molar-refractivity contribution in [3.8, 4) is 11.8 Å². The molecule has 3 atom stereocenters. The standard InChI is InChI=1S/C26H26F4/c1-2-3-17-6-11-22-20(14-17)9-10-21-15-18(7-12-23(21)22)4-5-19-8-13-24(25(27)16-19)26(28,29)30/h7-8,12-13,15-17,20,22H,2-3,6,9-11,14H2,1H3. The molecule has 1 fully saturated rings. The number of hydrogen-bond donors (Lipinski definition) is 0. The van der Waals surface area contributed by atoms with Gasteiger partial charge in [0.25, 0.3) is 0 Å². The Morgan fingerprint density at radius 1 is 0.967 bits per heavy atom. The van der Waals surface area contributed by atoms with Gasteiger partial charge in [-0.3, -0.25) is 0 Å². The quantitative estimate of drug-likeness (QED) is 0.353. The molecule has 2 aromatic carbocycles. The monoisotopic (exact) mass is 414 g/mol. The van der Waals surface area contributed by atoms with Crippen LogP contribution in [0, 0.1) is 29.5 Å². The van der Waals surface area contributed by atoms with Gasteiger partial charge < -0.3 is 0 Å². The zero-order chi connectivity index (χ0) is 21.3. The van der Waals surface area contributed by atoms with Crippen molar-refractivity contribution in [2.75, 3.05) is 0 Å². The van der Waals surface area contributed by atoms with Gasteiger partial charge in [0, 0.05) is 11.1 Å². The molecule has 2 aliphatic rings. The zero-order valence-electron chi connectivity index (χ0n) is 17.2. The highest BCUT2D eigenvalue weighted by Crippen LogP contribution is 2.47. The molecule has 30 heavy (non-hydrogen) atoms. The van der Waals surface area contributed by atoms with E-state index in [4.69, 9.17) is 0 Å². The molecular formula is C26H26F4. The Bertz CT molecular complexity index is 977. The molecule has 0 aliphatic heterocycles. The van der Waals surface area contributed by atoms with Gasteiger partial charge in [0.1, 0.15) is 5.82 Å². The van der Waals surface area contributed by atoms with Crippen LogP contribution < -0.4 is 0 Å². The Morgan fingerprint density at radius 2 is 1.70 bits per heavy atom. The maximum Gasteiger partial charge on any atom is 0.419 e. The van der Waals surface area contributed by atoms with E-state index in [0.717, 1.165) is 36.0 Å². The Balaban J connectivity index is 1.51. The molecule has 0 radical (unpaired) electrons. The molecular weight excluding hydrogens is 388 g/mol. The van der Waals surface area contributed by atoms with E-state index >= 15 is 0 Å². The first kappa shape index (κ1) is 21.0. The maximum atomic E-state index is 13.7. The van der Waals surface area contributed by atoms with Crippen molar-refractivity contribution in [3.63, 3.8) is 0 Å². The minimum atomic E-state index is -4.69. The Kier molecular flexibility index (Phi) is 5.91. The van der Waals surface area contributed by atoms with E-state index < -0.39 is 17.6 Å². The van der Waals surface area contributed by atoms with Crippen molar-refractivity contribution in [3.05, 3.63) is 70.0 Å². The summed E-state index contributed by atoms with van der Waals surface area (Å²) in [6, 6.07) is 9.11. The van der Waals surface area contributed by atoms with Crippen molar-refractivity contribution in [2.24, 2.45) is 11.8 Å². The van der Waals surface area contributed by atoms with E-state index in [1.54, 1.807) is 0 Å². The van der Waals surface area contributed by atoms with Gasteiger partial charge >= 0.3 is 6.18 Å². The van der Waals surface area contributed by atoms with Gasteiger partial charge in [-0.25, -0.2) is 4.39 Å². The molecule has 3 unspecified atom stereocenters. The molecule has 4 rings (SSSR count). The molecule has 2 aromatic rings. The normalized spacial score (nSPS) is 23.2. The summed E-state index contributed by atoms with van der Waals surface area (Å²) < 4.78 is 51.8. The van der Waals surface area contributed by atoms with Crippen LogP contribution in [0.3, 0.4) is 0 Å². The summed E-state index contributed by atoms with van der Waals surface area (Å²) in [5, 5.41) is 0. The van der Waals surface area contributed by atoms with E-state index in [2.05, 4.69) is 30.9 Å². The molecule has 1 saturated carbocycles. The van der Waals surface area contributed by atoms with Gasteiger partial charge in [0.15, 0.2) is 0 Å². The fraction of sp³-hybridized carbons (Fsp3) is 0.462. The van der Waals surface area contributed by atoms with Gasteiger partial charge in [-0.2, -0.15) is 13.2 Å². The molecule has 0 aromatic heterocycles. The highest BCUT2D eigenvalue weighted by atomic mass is 19.4. The van der Waals surface area contributed by atoms with Crippen LogP contribution in [0.2, 0.25) is 0 Å². The van der Waals surface area contributed by atoms with Crippen LogP contribution in [0.25, 0.3) is 0 Å². The van der Waals surface area contributed by atoms with Crippen molar-refractivity contribution in [2.45, 2.75) is 64.0 Å². The molecule has 158 valence electrons. The largest absolute Gasteiger partial charge is 0.419 e. The molecule has 0 amide bonds.